The van der Waals surface area contributed by atoms with Gasteiger partial charge >= 0.3 is 6.09 Å². The number of nitrogens with one attached hydrogen (secondary N) is 1. The molecule has 1 saturated heterocycles. The van der Waals surface area contributed by atoms with Crippen LogP contribution in [0.5, 0.6) is 0 Å². The van der Waals surface area contributed by atoms with Crippen LogP contribution in [0.1, 0.15) is 42.5 Å². The summed E-state index contributed by atoms with van der Waals surface area (Å²) in [6, 6.07) is 6.70. The summed E-state index contributed by atoms with van der Waals surface area (Å²) in [5, 5.41) is 1.14. The molecule has 184 valence electrons. The zero-order chi connectivity index (χ0) is 23.6. The summed E-state index contributed by atoms with van der Waals surface area (Å²) in [6.07, 6.45) is 11.3. The van der Waals surface area contributed by atoms with E-state index in [1.807, 2.05) is 22.4 Å². The maximum atomic E-state index is 12.5. The predicted molar refractivity (Wildman–Crippen MR) is 138 cm³/mol. The van der Waals surface area contributed by atoms with E-state index in [9.17, 15) is 4.79 Å². The lowest BCUT2D eigenvalue weighted by atomic mass is 9.99. The Morgan fingerprint density at radius 1 is 1.20 bits per heavy atom. The van der Waals surface area contributed by atoms with Crippen LogP contribution >= 0.6 is 11.3 Å². The third-order valence-electron chi connectivity index (χ3n) is 7.34. The maximum absolute atomic E-state index is 12.5. The molecule has 0 aromatic carbocycles. The largest absolute Gasteiger partial charge is 0.446 e. The summed E-state index contributed by atoms with van der Waals surface area (Å²) in [5.74, 6) is 0. The van der Waals surface area contributed by atoms with Crippen molar-refractivity contribution in [3.8, 4) is 10.4 Å². The molecule has 3 aromatic heterocycles. The Balaban J connectivity index is 1.16. The van der Waals surface area contributed by atoms with Crippen molar-refractivity contribution in [3.05, 3.63) is 47.1 Å². The van der Waals surface area contributed by atoms with E-state index < -0.39 is 0 Å². The molecule has 8 heteroatoms. The van der Waals surface area contributed by atoms with Crippen LogP contribution in [0.2, 0.25) is 0 Å². The third-order valence-corrected chi connectivity index (χ3v) is 8.46. The van der Waals surface area contributed by atoms with Crippen molar-refractivity contribution in [3.63, 3.8) is 0 Å². The molecule has 1 N–H and O–H groups in total. The summed E-state index contributed by atoms with van der Waals surface area (Å²) < 4.78 is 11.2. The number of aromatic amines is 1. The average Bonchev–Trinajstić information content (AvgIpc) is 3.66. The van der Waals surface area contributed by atoms with Crippen molar-refractivity contribution in [1.82, 2.24) is 19.8 Å². The molecular weight excluding hydrogens is 460 g/mol. The number of carbonyl (C=O) groups is 1. The van der Waals surface area contributed by atoms with Crippen molar-refractivity contribution in [1.29, 1.82) is 0 Å². The van der Waals surface area contributed by atoms with Gasteiger partial charge in [-0.15, -0.1) is 11.3 Å². The van der Waals surface area contributed by atoms with Gasteiger partial charge in [-0.1, -0.05) is 6.08 Å². The molecule has 0 atom stereocenters. The van der Waals surface area contributed by atoms with Crippen LogP contribution in [-0.2, 0) is 16.0 Å². The van der Waals surface area contributed by atoms with Crippen molar-refractivity contribution >= 4 is 34.0 Å². The Bertz CT molecular complexity index is 1220. The number of carbonyl (C=O) groups excluding carboxylic acids is 1. The normalized spacial score (nSPS) is 19.9. The van der Waals surface area contributed by atoms with Gasteiger partial charge in [0.25, 0.3) is 0 Å². The second-order valence-electron chi connectivity index (χ2n) is 9.69. The lowest BCUT2D eigenvalue weighted by Gasteiger charge is -2.27. The zero-order valence-corrected chi connectivity index (χ0v) is 20.8. The van der Waals surface area contributed by atoms with E-state index in [1.54, 1.807) is 0 Å². The number of nitrogens with zero attached hydrogens (tertiary/aromatic N) is 3. The van der Waals surface area contributed by atoms with E-state index >= 15 is 0 Å². The van der Waals surface area contributed by atoms with Crippen molar-refractivity contribution in [2.75, 3.05) is 39.4 Å². The van der Waals surface area contributed by atoms with E-state index in [4.69, 9.17) is 14.5 Å². The number of pyridine rings is 1. The van der Waals surface area contributed by atoms with Gasteiger partial charge in [0.1, 0.15) is 11.8 Å². The van der Waals surface area contributed by atoms with Crippen LogP contribution in [0, 0.1) is 0 Å². The summed E-state index contributed by atoms with van der Waals surface area (Å²) in [6.45, 7) is 5.90. The Morgan fingerprint density at radius 3 is 2.86 bits per heavy atom. The van der Waals surface area contributed by atoms with Crippen LogP contribution in [0.3, 0.4) is 0 Å². The molecule has 35 heavy (non-hydrogen) atoms. The zero-order valence-electron chi connectivity index (χ0n) is 20.0. The summed E-state index contributed by atoms with van der Waals surface area (Å²) in [4.78, 5) is 27.5. The molecule has 6 rings (SSSR count). The number of morpholine rings is 1. The van der Waals surface area contributed by atoms with Gasteiger partial charge in [0.15, 0.2) is 0 Å². The minimum absolute atomic E-state index is 0.109. The van der Waals surface area contributed by atoms with E-state index in [2.05, 4.69) is 40.4 Å². The topological polar surface area (TPSA) is 70.7 Å². The van der Waals surface area contributed by atoms with E-state index in [-0.39, 0.29) is 12.2 Å². The molecule has 2 aliphatic heterocycles. The van der Waals surface area contributed by atoms with Crippen LogP contribution in [-0.4, -0.2) is 71.4 Å². The molecule has 0 spiro atoms. The van der Waals surface area contributed by atoms with Crippen molar-refractivity contribution in [2.24, 2.45) is 0 Å². The van der Waals surface area contributed by atoms with E-state index in [0.29, 0.717) is 13.1 Å². The fourth-order valence-corrected chi connectivity index (χ4v) is 6.34. The van der Waals surface area contributed by atoms with Gasteiger partial charge in [0.05, 0.1) is 13.2 Å². The number of hydrogen-bond acceptors (Lipinski definition) is 6. The first kappa shape index (κ1) is 22.8. The highest BCUT2D eigenvalue weighted by atomic mass is 32.1. The number of hydrogen-bond donors (Lipinski definition) is 1. The summed E-state index contributed by atoms with van der Waals surface area (Å²) >= 11 is 1.84. The summed E-state index contributed by atoms with van der Waals surface area (Å²) in [5.41, 5.74) is 4.50. The smallest absolute Gasteiger partial charge is 0.410 e. The van der Waals surface area contributed by atoms with E-state index in [0.717, 1.165) is 68.7 Å². The third kappa shape index (κ3) is 5.01. The minimum atomic E-state index is -0.166. The van der Waals surface area contributed by atoms with Gasteiger partial charge in [-0.25, -0.2) is 9.78 Å². The average molecular weight is 493 g/mol. The van der Waals surface area contributed by atoms with Gasteiger partial charge in [-0.2, -0.15) is 0 Å². The Morgan fingerprint density at radius 2 is 2.06 bits per heavy atom. The summed E-state index contributed by atoms with van der Waals surface area (Å²) in [7, 11) is 0. The first-order valence-electron chi connectivity index (χ1n) is 12.7. The van der Waals surface area contributed by atoms with Gasteiger partial charge in [0.2, 0.25) is 0 Å². The van der Waals surface area contributed by atoms with Crippen LogP contribution in [0.4, 0.5) is 4.79 Å². The quantitative estimate of drug-likeness (QED) is 0.524. The number of H-pyrrole nitrogens is 1. The number of rotatable bonds is 5. The highest BCUT2D eigenvalue weighted by Gasteiger charge is 2.25. The SMILES string of the molecule is O=C(OC1CCCC1)N1CC=C(c2c[nH]c3ncc(-c4ccc(CN5CCOCC5)s4)cc23)CC1. The predicted octanol–water partition coefficient (Wildman–Crippen LogP) is 5.29. The molecule has 1 aliphatic carbocycles. The monoisotopic (exact) mass is 492 g/mol. The first-order chi connectivity index (χ1) is 17.2. The maximum Gasteiger partial charge on any atom is 0.410 e. The van der Waals surface area contributed by atoms with Gasteiger partial charge in [-0.05, 0) is 55.9 Å². The highest BCUT2D eigenvalue weighted by Crippen LogP contribution is 2.34. The van der Waals surface area contributed by atoms with Crippen LogP contribution in [0.15, 0.2) is 36.7 Å². The minimum Gasteiger partial charge on any atom is -0.446 e. The molecule has 0 radical (unpaired) electrons. The second kappa shape index (κ2) is 10.1. The fraction of sp³-hybridized carbons (Fsp3) is 0.481. The Hall–Kier alpha value is -2.68. The first-order valence-corrected chi connectivity index (χ1v) is 13.6. The van der Waals surface area contributed by atoms with Gasteiger partial charge in [-0.3, -0.25) is 4.90 Å². The second-order valence-corrected chi connectivity index (χ2v) is 10.9. The lowest BCUT2D eigenvalue weighted by molar-refractivity contribution is 0.0346. The Labute approximate surface area is 209 Å². The van der Waals surface area contributed by atoms with E-state index in [1.165, 1.54) is 33.7 Å². The number of thiophene rings is 1. The molecule has 3 aliphatic rings. The van der Waals surface area contributed by atoms with Crippen molar-refractivity contribution < 1.29 is 14.3 Å². The molecule has 5 heterocycles. The molecule has 2 fully saturated rings. The fourth-order valence-electron chi connectivity index (χ4n) is 5.30. The van der Waals surface area contributed by atoms with Crippen molar-refractivity contribution in [2.45, 2.75) is 44.8 Å². The molecule has 0 bridgehead atoms. The Kier molecular flexibility index (Phi) is 6.59. The molecular formula is C27H32N4O3S. The molecule has 0 unspecified atom stereocenters. The number of fused-ring (bicyclic) bond motifs is 1. The molecule has 7 nitrogen and oxygen atoms in total. The number of amides is 1. The number of ether oxygens (including phenoxy) is 2. The number of aromatic nitrogens is 2. The van der Waals surface area contributed by atoms with Crippen LogP contribution < -0.4 is 0 Å². The molecule has 3 aromatic rings. The van der Waals surface area contributed by atoms with Gasteiger partial charge in [0, 0.05) is 71.4 Å². The molecule has 1 amide bonds. The highest BCUT2D eigenvalue weighted by molar-refractivity contribution is 7.15. The molecule has 1 saturated carbocycles. The van der Waals surface area contributed by atoms with Gasteiger partial charge < -0.3 is 19.4 Å². The standard InChI is InChI=1S/C27H32N4O3S/c32-27(34-21-3-1-2-4-21)31-9-7-19(8-10-31)24-17-29-26-23(24)15-20(16-28-26)25-6-5-22(35-25)18-30-11-13-33-14-12-30/h5-7,15-17,21H,1-4,8-14,18H2,(H,28,29). The lowest BCUT2D eigenvalue weighted by Crippen LogP contribution is -2.36. The van der Waals surface area contributed by atoms with Crippen LogP contribution in [0.25, 0.3) is 27.0 Å².